The Morgan fingerprint density at radius 3 is 2.68 bits per heavy atom. The van der Waals surface area contributed by atoms with Gasteiger partial charge < -0.3 is 19.5 Å². The summed E-state index contributed by atoms with van der Waals surface area (Å²) in [5.74, 6) is 2.00. The Balaban J connectivity index is 2.07. The minimum atomic E-state index is -0.140. The summed E-state index contributed by atoms with van der Waals surface area (Å²) in [6, 6.07) is 6.02. The lowest BCUT2D eigenvalue weighted by atomic mass is 10.1. The van der Waals surface area contributed by atoms with E-state index in [1.54, 1.807) is 7.11 Å². The number of hydrogen-bond acceptors (Lipinski definition) is 4. The SMILES string of the molecule is COc1cccc(CN(C)CC2CCCC2O)c1OC(C)C. The normalized spacial score (nSPS) is 21.6. The second kappa shape index (κ2) is 7.84. The van der Waals surface area contributed by atoms with Crippen molar-refractivity contribution in [1.82, 2.24) is 4.90 Å². The Morgan fingerprint density at radius 1 is 1.32 bits per heavy atom. The van der Waals surface area contributed by atoms with Crippen molar-refractivity contribution in [2.24, 2.45) is 5.92 Å². The second-order valence-electron chi connectivity index (χ2n) is 6.57. The van der Waals surface area contributed by atoms with Gasteiger partial charge in [-0.2, -0.15) is 0 Å². The first-order chi connectivity index (χ1) is 10.5. The highest BCUT2D eigenvalue weighted by Crippen LogP contribution is 2.33. The van der Waals surface area contributed by atoms with Crippen LogP contribution in [0.1, 0.15) is 38.7 Å². The first-order valence-corrected chi connectivity index (χ1v) is 8.20. The van der Waals surface area contributed by atoms with E-state index in [2.05, 4.69) is 18.0 Å². The summed E-state index contributed by atoms with van der Waals surface area (Å²) in [5.41, 5.74) is 1.13. The summed E-state index contributed by atoms with van der Waals surface area (Å²) in [6.07, 6.45) is 3.18. The Morgan fingerprint density at radius 2 is 2.09 bits per heavy atom. The van der Waals surface area contributed by atoms with E-state index in [1.165, 1.54) is 0 Å². The first-order valence-electron chi connectivity index (χ1n) is 8.20. The van der Waals surface area contributed by atoms with Gasteiger partial charge in [0.1, 0.15) is 0 Å². The molecule has 2 unspecified atom stereocenters. The van der Waals surface area contributed by atoms with Gasteiger partial charge in [-0.05, 0) is 45.7 Å². The molecular weight excluding hydrogens is 278 g/mol. The van der Waals surface area contributed by atoms with E-state index >= 15 is 0 Å². The predicted molar refractivity (Wildman–Crippen MR) is 88.4 cm³/mol. The molecule has 22 heavy (non-hydrogen) atoms. The smallest absolute Gasteiger partial charge is 0.166 e. The minimum absolute atomic E-state index is 0.108. The molecule has 0 aromatic heterocycles. The third-order valence-electron chi connectivity index (χ3n) is 4.24. The molecule has 0 bridgehead atoms. The van der Waals surface area contributed by atoms with Crippen LogP contribution in [0.4, 0.5) is 0 Å². The number of rotatable bonds is 7. The fourth-order valence-corrected chi connectivity index (χ4v) is 3.20. The lowest BCUT2D eigenvalue weighted by Gasteiger charge is -2.25. The van der Waals surface area contributed by atoms with Crippen LogP contribution in [-0.2, 0) is 6.54 Å². The lowest BCUT2D eigenvalue weighted by molar-refractivity contribution is 0.107. The van der Waals surface area contributed by atoms with Crippen molar-refractivity contribution in [1.29, 1.82) is 0 Å². The van der Waals surface area contributed by atoms with Crippen LogP contribution in [-0.4, -0.2) is 42.9 Å². The third kappa shape index (κ3) is 4.37. The van der Waals surface area contributed by atoms with Gasteiger partial charge >= 0.3 is 0 Å². The van der Waals surface area contributed by atoms with Crippen molar-refractivity contribution < 1.29 is 14.6 Å². The number of aliphatic hydroxyl groups is 1. The van der Waals surface area contributed by atoms with Gasteiger partial charge in [-0.25, -0.2) is 0 Å². The van der Waals surface area contributed by atoms with Gasteiger partial charge in [0.2, 0.25) is 0 Å². The van der Waals surface area contributed by atoms with Crippen LogP contribution in [0.5, 0.6) is 11.5 Å². The standard InChI is InChI=1S/C18H29NO3/c1-13(2)22-18-15(8-6-10-17(18)21-4)12-19(3)11-14-7-5-9-16(14)20/h6,8,10,13-14,16,20H,5,7,9,11-12H2,1-4H3. The maximum Gasteiger partial charge on any atom is 0.166 e. The summed E-state index contributed by atoms with van der Waals surface area (Å²) in [7, 11) is 3.77. The molecule has 0 saturated heterocycles. The van der Waals surface area contributed by atoms with Crippen LogP contribution in [0.25, 0.3) is 0 Å². The number of para-hydroxylation sites is 1. The molecule has 124 valence electrons. The first kappa shape index (κ1) is 17.1. The van der Waals surface area contributed by atoms with E-state index in [0.29, 0.717) is 5.92 Å². The van der Waals surface area contributed by atoms with Gasteiger partial charge in [0, 0.05) is 18.7 Å². The molecule has 4 nitrogen and oxygen atoms in total. The molecule has 1 aliphatic rings. The average Bonchev–Trinajstić information content (AvgIpc) is 2.85. The summed E-state index contributed by atoms with van der Waals surface area (Å²) in [6.45, 7) is 5.76. The van der Waals surface area contributed by atoms with Crippen molar-refractivity contribution in [3.63, 3.8) is 0 Å². The molecule has 1 aromatic carbocycles. The molecule has 0 amide bonds. The van der Waals surface area contributed by atoms with Crippen LogP contribution in [0, 0.1) is 5.92 Å². The van der Waals surface area contributed by atoms with Crippen molar-refractivity contribution in [3.8, 4) is 11.5 Å². The van der Waals surface area contributed by atoms with Crippen molar-refractivity contribution in [2.45, 2.75) is 51.9 Å². The largest absolute Gasteiger partial charge is 0.493 e. The Kier molecular flexibility index (Phi) is 6.09. The Labute approximate surface area is 134 Å². The summed E-state index contributed by atoms with van der Waals surface area (Å²) in [4.78, 5) is 2.27. The van der Waals surface area contributed by atoms with Crippen LogP contribution in [0.3, 0.4) is 0 Å². The van der Waals surface area contributed by atoms with Crippen molar-refractivity contribution >= 4 is 0 Å². The molecular formula is C18H29NO3. The maximum absolute atomic E-state index is 9.99. The molecule has 0 aliphatic heterocycles. The van der Waals surface area contributed by atoms with Gasteiger partial charge in [0.05, 0.1) is 19.3 Å². The predicted octanol–water partition coefficient (Wildman–Crippen LogP) is 3.08. The summed E-state index contributed by atoms with van der Waals surface area (Å²) >= 11 is 0. The number of nitrogens with zero attached hydrogens (tertiary/aromatic N) is 1. The fraction of sp³-hybridized carbons (Fsp3) is 0.667. The molecule has 1 saturated carbocycles. The number of methoxy groups -OCH3 is 1. The zero-order chi connectivity index (χ0) is 16.1. The number of benzene rings is 1. The zero-order valence-electron chi connectivity index (χ0n) is 14.2. The van der Waals surface area contributed by atoms with Crippen molar-refractivity contribution in [3.05, 3.63) is 23.8 Å². The molecule has 2 rings (SSSR count). The monoisotopic (exact) mass is 307 g/mol. The van der Waals surface area contributed by atoms with Crippen LogP contribution in [0.15, 0.2) is 18.2 Å². The molecule has 0 radical (unpaired) electrons. The molecule has 2 atom stereocenters. The summed E-state index contributed by atoms with van der Waals surface area (Å²) < 4.78 is 11.4. The molecule has 1 fully saturated rings. The van der Waals surface area contributed by atoms with Gasteiger partial charge in [0.25, 0.3) is 0 Å². The highest BCUT2D eigenvalue weighted by Gasteiger charge is 2.26. The number of hydrogen-bond donors (Lipinski definition) is 1. The Bertz CT molecular complexity index is 475. The van der Waals surface area contributed by atoms with Gasteiger partial charge in [-0.3, -0.25) is 0 Å². The van der Waals surface area contributed by atoms with Gasteiger partial charge in [-0.15, -0.1) is 0 Å². The summed E-state index contributed by atoms with van der Waals surface area (Å²) in [5, 5.41) is 9.99. The fourth-order valence-electron chi connectivity index (χ4n) is 3.20. The second-order valence-corrected chi connectivity index (χ2v) is 6.57. The van der Waals surface area contributed by atoms with E-state index in [-0.39, 0.29) is 12.2 Å². The van der Waals surface area contributed by atoms with Gasteiger partial charge in [-0.1, -0.05) is 18.6 Å². The van der Waals surface area contributed by atoms with E-state index in [0.717, 1.165) is 49.4 Å². The topological polar surface area (TPSA) is 41.9 Å². The highest BCUT2D eigenvalue weighted by molar-refractivity contribution is 5.46. The number of ether oxygens (including phenoxy) is 2. The molecule has 1 aliphatic carbocycles. The Hall–Kier alpha value is -1.26. The minimum Gasteiger partial charge on any atom is -0.493 e. The van der Waals surface area contributed by atoms with E-state index in [9.17, 15) is 5.11 Å². The van der Waals surface area contributed by atoms with Crippen LogP contribution in [0.2, 0.25) is 0 Å². The molecule has 4 heteroatoms. The van der Waals surface area contributed by atoms with Gasteiger partial charge in [0.15, 0.2) is 11.5 Å². The molecule has 0 heterocycles. The quantitative estimate of drug-likeness (QED) is 0.840. The van der Waals surface area contributed by atoms with E-state index < -0.39 is 0 Å². The lowest BCUT2D eigenvalue weighted by Crippen LogP contribution is -2.29. The van der Waals surface area contributed by atoms with Crippen LogP contribution >= 0.6 is 0 Å². The molecule has 1 N–H and O–H groups in total. The number of aliphatic hydroxyl groups excluding tert-OH is 1. The van der Waals surface area contributed by atoms with E-state index in [4.69, 9.17) is 9.47 Å². The average molecular weight is 307 g/mol. The highest BCUT2D eigenvalue weighted by atomic mass is 16.5. The maximum atomic E-state index is 9.99. The van der Waals surface area contributed by atoms with Crippen molar-refractivity contribution in [2.75, 3.05) is 20.7 Å². The zero-order valence-corrected chi connectivity index (χ0v) is 14.2. The third-order valence-corrected chi connectivity index (χ3v) is 4.24. The van der Waals surface area contributed by atoms with Crippen LogP contribution < -0.4 is 9.47 Å². The molecule has 1 aromatic rings. The molecule has 0 spiro atoms. The van der Waals surface area contributed by atoms with E-state index in [1.807, 2.05) is 26.0 Å².